The van der Waals surface area contributed by atoms with E-state index >= 15 is 0 Å². The number of nitrogens with one attached hydrogen (secondary N) is 1. The zero-order valence-corrected chi connectivity index (χ0v) is 17.0. The molecule has 1 amide bonds. The molecule has 1 aliphatic carbocycles. The van der Waals surface area contributed by atoms with Crippen molar-refractivity contribution in [1.29, 1.82) is 0 Å². The third-order valence-corrected chi connectivity index (χ3v) is 7.37. The molecule has 1 saturated heterocycles. The van der Waals surface area contributed by atoms with Crippen LogP contribution in [0.15, 0.2) is 28.7 Å². The Hall–Kier alpha value is -1.46. The van der Waals surface area contributed by atoms with Crippen LogP contribution in [0.2, 0.25) is 0 Å². The lowest BCUT2D eigenvalue weighted by atomic mass is 10.0. The highest BCUT2D eigenvalue weighted by atomic mass is 32.2. The van der Waals surface area contributed by atoms with Crippen molar-refractivity contribution in [2.75, 3.05) is 20.1 Å². The minimum Gasteiger partial charge on any atom is -0.451 e. The van der Waals surface area contributed by atoms with Crippen molar-refractivity contribution in [2.45, 2.75) is 62.0 Å². The van der Waals surface area contributed by atoms with Crippen molar-refractivity contribution >= 4 is 28.6 Å². The number of rotatable bonds is 5. The predicted molar refractivity (Wildman–Crippen MR) is 112 cm³/mol. The molecule has 0 bridgehead atoms. The zero-order chi connectivity index (χ0) is 18.6. The molecule has 1 saturated carbocycles. The summed E-state index contributed by atoms with van der Waals surface area (Å²) in [7, 11) is 2.14. The number of nitrogens with zero attached hydrogens (tertiary/aromatic N) is 1. The van der Waals surface area contributed by atoms with E-state index < -0.39 is 0 Å². The van der Waals surface area contributed by atoms with E-state index in [0.29, 0.717) is 5.76 Å². The number of piperidine rings is 1. The summed E-state index contributed by atoms with van der Waals surface area (Å²) < 4.78 is 6.03. The largest absolute Gasteiger partial charge is 0.451 e. The van der Waals surface area contributed by atoms with E-state index in [2.05, 4.69) is 23.3 Å². The summed E-state index contributed by atoms with van der Waals surface area (Å²) >= 11 is 2.00. The third kappa shape index (κ3) is 4.52. The number of fused-ring (bicyclic) bond motifs is 1. The van der Waals surface area contributed by atoms with Crippen LogP contribution >= 0.6 is 11.8 Å². The molecule has 0 radical (unpaired) electrons. The number of thioether (sulfide) groups is 1. The van der Waals surface area contributed by atoms with Crippen molar-refractivity contribution in [2.24, 2.45) is 0 Å². The third-order valence-electron chi connectivity index (χ3n) is 5.97. The molecule has 4 nitrogen and oxygen atoms in total. The maximum atomic E-state index is 13.0. The second-order valence-corrected chi connectivity index (χ2v) is 9.32. The van der Waals surface area contributed by atoms with Crippen molar-refractivity contribution in [1.82, 2.24) is 10.2 Å². The lowest BCUT2D eigenvalue weighted by Gasteiger charge is -2.29. The van der Waals surface area contributed by atoms with Crippen LogP contribution in [0, 0.1) is 0 Å². The van der Waals surface area contributed by atoms with Gasteiger partial charge in [-0.2, -0.15) is 11.8 Å². The SMILES string of the molecule is CN1CCC(NC(=O)c2oc3ccccc3c2CSC2CCCCC2)CC1. The number of hydrogen-bond acceptors (Lipinski definition) is 4. The van der Waals surface area contributed by atoms with Gasteiger partial charge < -0.3 is 14.6 Å². The van der Waals surface area contributed by atoms with Crippen LogP contribution < -0.4 is 5.32 Å². The number of benzene rings is 1. The Morgan fingerprint density at radius 3 is 2.67 bits per heavy atom. The Bertz CT molecular complexity index is 774. The maximum absolute atomic E-state index is 13.0. The molecular formula is C22H30N2O2S. The number of amides is 1. The summed E-state index contributed by atoms with van der Waals surface area (Å²) in [6.07, 6.45) is 8.68. The molecule has 1 N–H and O–H groups in total. The van der Waals surface area contributed by atoms with Crippen molar-refractivity contribution < 1.29 is 9.21 Å². The topological polar surface area (TPSA) is 45.5 Å². The average Bonchev–Trinajstić information content (AvgIpc) is 3.08. The first-order valence-corrected chi connectivity index (χ1v) is 11.4. The van der Waals surface area contributed by atoms with Gasteiger partial charge in [0.25, 0.3) is 5.91 Å². The van der Waals surface area contributed by atoms with Gasteiger partial charge in [0, 0.05) is 28.0 Å². The second-order valence-electron chi connectivity index (χ2n) is 8.03. The van der Waals surface area contributed by atoms with Crippen LogP contribution in [0.1, 0.15) is 61.1 Å². The monoisotopic (exact) mass is 386 g/mol. The van der Waals surface area contributed by atoms with Gasteiger partial charge in [-0.15, -0.1) is 0 Å². The Morgan fingerprint density at radius 2 is 1.89 bits per heavy atom. The summed E-state index contributed by atoms with van der Waals surface area (Å²) in [6, 6.07) is 8.31. The van der Waals surface area contributed by atoms with Gasteiger partial charge in [0.1, 0.15) is 5.58 Å². The van der Waals surface area contributed by atoms with Crippen LogP contribution in [0.5, 0.6) is 0 Å². The lowest BCUT2D eigenvalue weighted by molar-refractivity contribution is 0.0890. The number of carbonyl (C=O) groups is 1. The smallest absolute Gasteiger partial charge is 0.287 e. The number of hydrogen-bond donors (Lipinski definition) is 1. The molecule has 27 heavy (non-hydrogen) atoms. The molecule has 2 heterocycles. The summed E-state index contributed by atoms with van der Waals surface area (Å²) in [5.41, 5.74) is 1.90. The molecule has 0 atom stereocenters. The molecule has 0 unspecified atom stereocenters. The highest BCUT2D eigenvalue weighted by molar-refractivity contribution is 7.99. The highest BCUT2D eigenvalue weighted by Gasteiger charge is 2.25. The minimum atomic E-state index is -0.0417. The quantitative estimate of drug-likeness (QED) is 0.800. The van der Waals surface area contributed by atoms with Gasteiger partial charge in [-0.25, -0.2) is 0 Å². The standard InChI is InChI=1S/C22H30N2O2S/c1-24-13-11-16(12-14-24)23-22(25)21-19(15-27-17-7-3-2-4-8-17)18-9-5-6-10-20(18)26-21/h5-6,9-10,16-17H,2-4,7-8,11-15H2,1H3,(H,23,25). The van der Waals surface area contributed by atoms with Crippen molar-refractivity contribution in [3.8, 4) is 0 Å². The van der Waals surface area contributed by atoms with Crippen molar-refractivity contribution in [3.63, 3.8) is 0 Å². The molecule has 146 valence electrons. The number of likely N-dealkylation sites (tertiary alicyclic amines) is 1. The Kier molecular flexibility index (Phi) is 6.08. The fourth-order valence-electron chi connectivity index (χ4n) is 4.26. The lowest BCUT2D eigenvalue weighted by Crippen LogP contribution is -2.43. The fraction of sp³-hybridized carbons (Fsp3) is 0.591. The Morgan fingerprint density at radius 1 is 1.15 bits per heavy atom. The van der Waals surface area contributed by atoms with E-state index in [0.717, 1.165) is 53.5 Å². The maximum Gasteiger partial charge on any atom is 0.287 e. The van der Waals surface area contributed by atoms with E-state index in [9.17, 15) is 4.79 Å². The van der Waals surface area contributed by atoms with Gasteiger partial charge in [0.2, 0.25) is 0 Å². The normalized spacial score (nSPS) is 20.2. The van der Waals surface area contributed by atoms with Gasteiger partial charge in [0.05, 0.1) is 0 Å². The molecule has 2 fully saturated rings. The van der Waals surface area contributed by atoms with Crippen molar-refractivity contribution in [3.05, 3.63) is 35.6 Å². The molecule has 5 heteroatoms. The van der Waals surface area contributed by atoms with Crippen LogP contribution in [0.4, 0.5) is 0 Å². The van der Waals surface area contributed by atoms with Gasteiger partial charge in [-0.05, 0) is 51.9 Å². The van der Waals surface area contributed by atoms with Crippen LogP contribution in [0.3, 0.4) is 0 Å². The average molecular weight is 387 g/mol. The molecule has 1 aliphatic heterocycles. The van der Waals surface area contributed by atoms with Crippen LogP contribution in [0.25, 0.3) is 11.0 Å². The first kappa shape index (κ1) is 18.9. The molecule has 4 rings (SSSR count). The van der Waals surface area contributed by atoms with E-state index in [1.165, 1.54) is 32.1 Å². The minimum absolute atomic E-state index is 0.0417. The van der Waals surface area contributed by atoms with Gasteiger partial charge in [-0.1, -0.05) is 37.5 Å². The summed E-state index contributed by atoms with van der Waals surface area (Å²) in [6.45, 7) is 2.07. The van der Waals surface area contributed by atoms with Gasteiger partial charge in [0.15, 0.2) is 5.76 Å². The fourth-order valence-corrected chi connectivity index (χ4v) is 5.62. The van der Waals surface area contributed by atoms with Crippen LogP contribution in [-0.4, -0.2) is 42.2 Å². The molecule has 0 spiro atoms. The van der Waals surface area contributed by atoms with Crippen LogP contribution in [-0.2, 0) is 5.75 Å². The summed E-state index contributed by atoms with van der Waals surface area (Å²) in [5.74, 6) is 1.34. The number of para-hydroxylation sites is 1. The first-order valence-electron chi connectivity index (χ1n) is 10.3. The van der Waals surface area contributed by atoms with E-state index in [1.54, 1.807) is 0 Å². The second kappa shape index (κ2) is 8.70. The molecule has 1 aromatic carbocycles. The predicted octanol–water partition coefficient (Wildman–Crippen LogP) is 4.82. The molecule has 2 aromatic rings. The summed E-state index contributed by atoms with van der Waals surface area (Å²) in [4.78, 5) is 15.3. The zero-order valence-electron chi connectivity index (χ0n) is 16.2. The molecule has 1 aromatic heterocycles. The first-order chi connectivity index (χ1) is 13.2. The Balaban J connectivity index is 1.51. The highest BCUT2D eigenvalue weighted by Crippen LogP contribution is 2.35. The number of furan rings is 1. The Labute approximate surface area is 166 Å². The van der Waals surface area contributed by atoms with E-state index in [1.807, 2.05) is 30.0 Å². The summed E-state index contributed by atoms with van der Waals surface area (Å²) in [5, 5.41) is 5.04. The molecular weight excluding hydrogens is 356 g/mol. The van der Waals surface area contributed by atoms with E-state index in [4.69, 9.17) is 4.42 Å². The van der Waals surface area contributed by atoms with E-state index in [-0.39, 0.29) is 11.9 Å². The number of carbonyl (C=O) groups excluding carboxylic acids is 1. The van der Waals surface area contributed by atoms with Gasteiger partial charge in [-0.3, -0.25) is 4.79 Å². The molecule has 2 aliphatic rings. The van der Waals surface area contributed by atoms with Gasteiger partial charge >= 0.3 is 0 Å².